The predicted octanol–water partition coefficient (Wildman–Crippen LogP) is 4.60. The maximum atomic E-state index is 3.57. The van der Waals surface area contributed by atoms with Gasteiger partial charge in [0.1, 0.15) is 0 Å². The van der Waals surface area contributed by atoms with E-state index >= 15 is 0 Å². The third kappa shape index (κ3) is 4.66. The van der Waals surface area contributed by atoms with Gasteiger partial charge in [-0.2, -0.15) is 0 Å². The van der Waals surface area contributed by atoms with Gasteiger partial charge in [-0.25, -0.2) is 0 Å². The molecule has 1 heterocycles. The highest BCUT2D eigenvalue weighted by Crippen LogP contribution is 2.29. The second kappa shape index (κ2) is 5.46. The number of hydrogen-bond donors (Lipinski definition) is 1. The lowest BCUT2D eigenvalue weighted by Gasteiger charge is -2.20. The maximum absolute atomic E-state index is 3.57. The van der Waals surface area contributed by atoms with E-state index < -0.39 is 0 Å². The van der Waals surface area contributed by atoms with Crippen molar-refractivity contribution in [1.29, 1.82) is 0 Å². The van der Waals surface area contributed by atoms with Crippen LogP contribution in [0.5, 0.6) is 0 Å². The van der Waals surface area contributed by atoms with Gasteiger partial charge in [0.05, 0.1) is 0 Å². The molecule has 0 aliphatic heterocycles. The van der Waals surface area contributed by atoms with Crippen LogP contribution in [-0.4, -0.2) is 6.54 Å². The third-order valence-electron chi connectivity index (χ3n) is 2.36. The second-order valence-corrected chi connectivity index (χ2v) is 6.92. The van der Waals surface area contributed by atoms with Gasteiger partial charge in [0, 0.05) is 15.4 Å². The molecule has 3 heteroatoms. The lowest BCUT2D eigenvalue weighted by Crippen LogP contribution is -2.23. The molecular weight excluding hydrogens is 270 g/mol. The summed E-state index contributed by atoms with van der Waals surface area (Å²) in [4.78, 5) is 1.39. The van der Waals surface area contributed by atoms with Crippen LogP contribution < -0.4 is 5.32 Å². The highest BCUT2D eigenvalue weighted by Gasteiger charge is 2.13. The van der Waals surface area contributed by atoms with Crippen LogP contribution in [0.1, 0.15) is 45.0 Å². The topological polar surface area (TPSA) is 12.0 Å². The van der Waals surface area contributed by atoms with Crippen molar-refractivity contribution in [2.75, 3.05) is 6.54 Å². The standard InChI is InChI=1S/C12H20BrNS/c1-9(11-10(13)5-8-15-11)14-7-6-12(2,3)4/h5,8-9,14H,6-7H2,1-4H3. The molecule has 0 aliphatic carbocycles. The summed E-state index contributed by atoms with van der Waals surface area (Å²) < 4.78 is 1.23. The molecule has 1 nitrogen and oxygen atoms in total. The van der Waals surface area contributed by atoms with E-state index in [0.29, 0.717) is 11.5 Å². The van der Waals surface area contributed by atoms with E-state index in [-0.39, 0.29) is 0 Å². The fraction of sp³-hybridized carbons (Fsp3) is 0.667. The summed E-state index contributed by atoms with van der Waals surface area (Å²) in [6, 6.07) is 2.56. The van der Waals surface area contributed by atoms with Gasteiger partial charge in [-0.05, 0) is 52.7 Å². The van der Waals surface area contributed by atoms with E-state index in [9.17, 15) is 0 Å². The van der Waals surface area contributed by atoms with Crippen LogP contribution in [0.15, 0.2) is 15.9 Å². The van der Waals surface area contributed by atoms with E-state index in [4.69, 9.17) is 0 Å². The molecule has 1 atom stereocenters. The fourth-order valence-electron chi connectivity index (χ4n) is 1.37. The molecule has 1 rings (SSSR count). The van der Waals surface area contributed by atoms with Crippen LogP contribution >= 0.6 is 27.3 Å². The van der Waals surface area contributed by atoms with Crippen LogP contribution in [0, 0.1) is 5.41 Å². The average molecular weight is 290 g/mol. The zero-order valence-corrected chi connectivity index (χ0v) is 12.3. The predicted molar refractivity (Wildman–Crippen MR) is 72.5 cm³/mol. The van der Waals surface area contributed by atoms with Crippen LogP contribution in [-0.2, 0) is 0 Å². The number of thiophene rings is 1. The SMILES string of the molecule is CC(NCCC(C)(C)C)c1sccc1Br. The Kier molecular flexibility index (Phi) is 4.81. The first-order valence-corrected chi connectivity index (χ1v) is 7.04. The Balaban J connectivity index is 2.37. The van der Waals surface area contributed by atoms with Gasteiger partial charge in [-0.3, -0.25) is 0 Å². The smallest absolute Gasteiger partial charge is 0.0397 e. The molecule has 1 unspecified atom stereocenters. The lowest BCUT2D eigenvalue weighted by atomic mass is 9.92. The Hall–Kier alpha value is 0.140. The van der Waals surface area contributed by atoms with Gasteiger partial charge < -0.3 is 5.32 Å². The van der Waals surface area contributed by atoms with Crippen molar-refractivity contribution in [3.8, 4) is 0 Å². The minimum atomic E-state index is 0.416. The van der Waals surface area contributed by atoms with Gasteiger partial charge in [0.25, 0.3) is 0 Å². The zero-order chi connectivity index (χ0) is 11.5. The van der Waals surface area contributed by atoms with E-state index in [2.05, 4.69) is 60.4 Å². The average Bonchev–Trinajstić information content (AvgIpc) is 2.48. The molecule has 0 saturated carbocycles. The summed E-state index contributed by atoms with van der Waals surface area (Å²) >= 11 is 5.37. The van der Waals surface area contributed by atoms with Gasteiger partial charge in [-0.1, -0.05) is 20.8 Å². The molecule has 86 valence electrons. The first-order valence-electron chi connectivity index (χ1n) is 5.36. The minimum absolute atomic E-state index is 0.416. The van der Waals surface area contributed by atoms with Crippen LogP contribution in [0.4, 0.5) is 0 Å². The van der Waals surface area contributed by atoms with Gasteiger partial charge in [0.15, 0.2) is 0 Å². The molecule has 0 spiro atoms. The Morgan fingerprint density at radius 1 is 1.47 bits per heavy atom. The number of halogens is 1. The van der Waals surface area contributed by atoms with E-state index in [1.165, 1.54) is 15.8 Å². The summed E-state index contributed by atoms with van der Waals surface area (Å²) in [6.07, 6.45) is 1.21. The Bertz CT molecular complexity index is 301. The molecule has 1 aromatic rings. The summed E-state index contributed by atoms with van der Waals surface area (Å²) in [5.74, 6) is 0. The number of rotatable bonds is 4. The van der Waals surface area contributed by atoms with Crippen LogP contribution in [0.25, 0.3) is 0 Å². The number of nitrogens with one attached hydrogen (secondary N) is 1. The molecule has 0 aromatic carbocycles. The fourth-order valence-corrected chi connectivity index (χ4v) is 3.12. The molecule has 0 amide bonds. The van der Waals surface area contributed by atoms with Crippen molar-refractivity contribution < 1.29 is 0 Å². The van der Waals surface area contributed by atoms with E-state index in [1.54, 1.807) is 11.3 Å². The Morgan fingerprint density at radius 2 is 2.13 bits per heavy atom. The quantitative estimate of drug-likeness (QED) is 0.854. The molecule has 1 N–H and O–H groups in total. The molecule has 0 bridgehead atoms. The minimum Gasteiger partial charge on any atom is -0.309 e. The molecule has 0 radical (unpaired) electrons. The van der Waals surface area contributed by atoms with E-state index in [0.717, 1.165) is 6.54 Å². The molecule has 1 aromatic heterocycles. The maximum Gasteiger partial charge on any atom is 0.0397 e. The highest BCUT2D eigenvalue weighted by atomic mass is 79.9. The Morgan fingerprint density at radius 3 is 2.60 bits per heavy atom. The molecule has 0 fully saturated rings. The van der Waals surface area contributed by atoms with Crippen molar-refractivity contribution in [2.24, 2.45) is 5.41 Å². The first-order chi connectivity index (χ1) is 6.90. The first kappa shape index (κ1) is 13.2. The Labute approximate surface area is 105 Å². The summed E-state index contributed by atoms with van der Waals surface area (Å²) in [5.41, 5.74) is 0.416. The van der Waals surface area contributed by atoms with Crippen LogP contribution in [0.2, 0.25) is 0 Å². The second-order valence-electron chi connectivity index (χ2n) is 5.12. The highest BCUT2D eigenvalue weighted by molar-refractivity contribution is 9.10. The normalized spacial score (nSPS) is 14.2. The molecule has 0 saturated heterocycles. The van der Waals surface area contributed by atoms with Gasteiger partial charge in [-0.15, -0.1) is 11.3 Å². The summed E-state index contributed by atoms with van der Waals surface area (Å²) in [7, 11) is 0. The van der Waals surface area contributed by atoms with E-state index in [1.807, 2.05) is 0 Å². The largest absolute Gasteiger partial charge is 0.309 e. The number of hydrogen-bond acceptors (Lipinski definition) is 2. The van der Waals surface area contributed by atoms with Crippen molar-refractivity contribution in [3.63, 3.8) is 0 Å². The van der Waals surface area contributed by atoms with Crippen LogP contribution in [0.3, 0.4) is 0 Å². The third-order valence-corrected chi connectivity index (χ3v) is 4.42. The molecule has 0 aliphatic rings. The van der Waals surface area contributed by atoms with Gasteiger partial charge in [0.2, 0.25) is 0 Å². The summed E-state index contributed by atoms with van der Waals surface area (Å²) in [5, 5.41) is 5.69. The van der Waals surface area contributed by atoms with Crippen molar-refractivity contribution in [3.05, 3.63) is 20.8 Å². The lowest BCUT2D eigenvalue weighted by molar-refractivity contribution is 0.358. The monoisotopic (exact) mass is 289 g/mol. The molecule has 15 heavy (non-hydrogen) atoms. The van der Waals surface area contributed by atoms with Crippen molar-refractivity contribution >= 4 is 27.3 Å². The van der Waals surface area contributed by atoms with Crippen molar-refractivity contribution in [2.45, 2.75) is 40.2 Å². The van der Waals surface area contributed by atoms with Gasteiger partial charge >= 0.3 is 0 Å². The van der Waals surface area contributed by atoms with Crippen molar-refractivity contribution in [1.82, 2.24) is 5.32 Å². The summed E-state index contributed by atoms with van der Waals surface area (Å²) in [6.45, 7) is 10.1. The molecular formula is C12H20BrNS. The zero-order valence-electron chi connectivity index (χ0n) is 9.93.